The summed E-state index contributed by atoms with van der Waals surface area (Å²) in [5, 5.41) is 11.7. The number of carbonyl (C=O) groups is 2. The van der Waals surface area contributed by atoms with Gasteiger partial charge < -0.3 is 19.5 Å². The first-order chi connectivity index (χ1) is 17.4. The highest BCUT2D eigenvalue weighted by Gasteiger charge is 2.46. The van der Waals surface area contributed by atoms with E-state index in [9.17, 15) is 14.7 Å². The maximum Gasteiger partial charge on any atom is 0.295 e. The number of methoxy groups -OCH3 is 1. The van der Waals surface area contributed by atoms with Gasteiger partial charge in [-0.25, -0.2) is 0 Å². The highest BCUT2D eigenvalue weighted by Crippen LogP contribution is 2.42. The average Bonchev–Trinajstić information content (AvgIpc) is 3.14. The first kappa shape index (κ1) is 25.3. The lowest BCUT2D eigenvalue weighted by atomic mass is 9.94. The minimum absolute atomic E-state index is 0.0138. The minimum Gasteiger partial charge on any atom is -0.507 e. The molecule has 1 atom stereocenters. The van der Waals surface area contributed by atoms with Crippen molar-refractivity contribution >= 4 is 29.1 Å². The van der Waals surface area contributed by atoms with Gasteiger partial charge in [0.25, 0.3) is 11.7 Å². The molecular weight excluding hydrogens is 478 g/mol. The monoisotopic (exact) mass is 505 g/mol. The summed E-state index contributed by atoms with van der Waals surface area (Å²) in [6, 6.07) is 20.4. The van der Waals surface area contributed by atoms with Gasteiger partial charge in [0.1, 0.15) is 5.76 Å². The van der Waals surface area contributed by atoms with Crippen LogP contribution in [-0.2, 0) is 16.1 Å². The van der Waals surface area contributed by atoms with Crippen LogP contribution in [0.15, 0.2) is 78.4 Å². The highest BCUT2D eigenvalue weighted by atomic mass is 35.5. The van der Waals surface area contributed by atoms with Crippen LogP contribution in [0.1, 0.15) is 42.5 Å². The van der Waals surface area contributed by atoms with Gasteiger partial charge in [-0.15, -0.1) is 0 Å². The molecule has 4 rings (SSSR count). The number of Topliss-reactive ketones (excluding diaryl/α,β-unsaturated/α-hetero) is 1. The Bertz CT molecular complexity index is 1270. The summed E-state index contributed by atoms with van der Waals surface area (Å²) in [6.45, 7) is 2.83. The summed E-state index contributed by atoms with van der Waals surface area (Å²) in [5.41, 5.74) is 1.90. The molecule has 0 aromatic heterocycles. The Morgan fingerprint density at radius 1 is 1.00 bits per heavy atom. The lowest BCUT2D eigenvalue weighted by Gasteiger charge is -2.26. The Kier molecular flexibility index (Phi) is 7.96. The molecule has 1 heterocycles. The molecule has 0 radical (unpaired) electrons. The molecule has 6 nitrogen and oxygen atoms in total. The van der Waals surface area contributed by atoms with E-state index in [0.717, 1.165) is 18.4 Å². The molecule has 0 bridgehead atoms. The van der Waals surface area contributed by atoms with Crippen LogP contribution in [0.2, 0.25) is 5.02 Å². The second-order valence-electron chi connectivity index (χ2n) is 8.53. The van der Waals surface area contributed by atoms with Crippen molar-refractivity contribution in [3.05, 3.63) is 100 Å². The van der Waals surface area contributed by atoms with E-state index >= 15 is 0 Å². The fourth-order valence-electron chi connectivity index (χ4n) is 4.23. The number of rotatable bonds is 9. The Labute approximate surface area is 215 Å². The lowest BCUT2D eigenvalue weighted by molar-refractivity contribution is -0.140. The molecule has 1 fully saturated rings. The largest absolute Gasteiger partial charge is 0.507 e. The SMILES string of the molecule is CCCCOc1ccc(C2C(=C(O)c3ccc(Cl)cc3)C(=O)C(=O)N2Cc2ccccc2)cc1OC. The van der Waals surface area contributed by atoms with Gasteiger partial charge in [-0.2, -0.15) is 0 Å². The molecule has 1 unspecified atom stereocenters. The van der Waals surface area contributed by atoms with E-state index in [1.54, 1.807) is 49.6 Å². The topological polar surface area (TPSA) is 76.1 Å². The molecule has 0 spiro atoms. The number of carbonyl (C=O) groups excluding carboxylic acids is 2. The number of aliphatic hydroxyl groups is 1. The van der Waals surface area contributed by atoms with Crippen molar-refractivity contribution < 1.29 is 24.2 Å². The lowest BCUT2D eigenvalue weighted by Crippen LogP contribution is -2.29. The Morgan fingerprint density at radius 3 is 2.39 bits per heavy atom. The number of ketones is 1. The Morgan fingerprint density at radius 2 is 1.72 bits per heavy atom. The van der Waals surface area contributed by atoms with E-state index in [4.69, 9.17) is 21.1 Å². The third-order valence-electron chi connectivity index (χ3n) is 6.11. The van der Waals surface area contributed by atoms with Crippen molar-refractivity contribution in [1.29, 1.82) is 0 Å². The van der Waals surface area contributed by atoms with E-state index in [1.165, 1.54) is 4.90 Å². The number of likely N-dealkylation sites (tertiary alicyclic amines) is 1. The third-order valence-corrected chi connectivity index (χ3v) is 6.36. The second-order valence-corrected chi connectivity index (χ2v) is 8.97. The predicted molar refractivity (Wildman–Crippen MR) is 139 cm³/mol. The summed E-state index contributed by atoms with van der Waals surface area (Å²) >= 11 is 6.01. The van der Waals surface area contributed by atoms with Gasteiger partial charge in [0, 0.05) is 17.1 Å². The maximum absolute atomic E-state index is 13.3. The zero-order valence-electron chi connectivity index (χ0n) is 20.2. The second kappa shape index (κ2) is 11.3. The van der Waals surface area contributed by atoms with Crippen molar-refractivity contribution in [3.63, 3.8) is 0 Å². The van der Waals surface area contributed by atoms with Gasteiger partial charge in [-0.1, -0.05) is 61.3 Å². The smallest absolute Gasteiger partial charge is 0.295 e. The first-order valence-electron chi connectivity index (χ1n) is 11.8. The van der Waals surface area contributed by atoms with E-state index in [2.05, 4.69) is 6.92 Å². The minimum atomic E-state index is -0.820. The zero-order chi connectivity index (χ0) is 25.7. The van der Waals surface area contributed by atoms with Crippen LogP contribution in [0.3, 0.4) is 0 Å². The summed E-state index contributed by atoms with van der Waals surface area (Å²) in [4.78, 5) is 28.0. The van der Waals surface area contributed by atoms with Crippen molar-refractivity contribution in [1.82, 2.24) is 4.90 Å². The number of aliphatic hydroxyl groups excluding tert-OH is 1. The summed E-state index contributed by atoms with van der Waals surface area (Å²) in [6.07, 6.45) is 1.91. The van der Waals surface area contributed by atoms with Gasteiger partial charge >= 0.3 is 0 Å². The maximum atomic E-state index is 13.3. The molecule has 186 valence electrons. The highest BCUT2D eigenvalue weighted by molar-refractivity contribution is 6.46. The van der Waals surface area contributed by atoms with Crippen LogP contribution in [0.25, 0.3) is 5.76 Å². The number of hydrogen-bond acceptors (Lipinski definition) is 5. The van der Waals surface area contributed by atoms with Crippen LogP contribution in [-0.4, -0.2) is 35.4 Å². The molecule has 1 saturated heterocycles. The van der Waals surface area contributed by atoms with Gasteiger partial charge in [-0.05, 0) is 53.9 Å². The normalized spacial score (nSPS) is 16.9. The molecule has 0 aliphatic carbocycles. The van der Waals surface area contributed by atoms with Crippen LogP contribution >= 0.6 is 11.6 Å². The van der Waals surface area contributed by atoms with Crippen molar-refractivity contribution in [2.75, 3.05) is 13.7 Å². The molecule has 1 N–H and O–H groups in total. The standard InChI is InChI=1S/C29H28ClNO5/c1-3-4-16-36-23-15-12-21(17-24(23)35-2)26-25(27(32)20-10-13-22(30)14-11-20)28(33)29(34)31(26)18-19-8-6-5-7-9-19/h5-15,17,26,32H,3-4,16,18H2,1-2H3. The van der Waals surface area contributed by atoms with Gasteiger partial charge in [0.15, 0.2) is 11.5 Å². The fourth-order valence-corrected chi connectivity index (χ4v) is 4.36. The van der Waals surface area contributed by atoms with E-state index in [1.807, 2.05) is 30.3 Å². The van der Waals surface area contributed by atoms with E-state index in [0.29, 0.717) is 34.3 Å². The summed E-state index contributed by atoms with van der Waals surface area (Å²) in [7, 11) is 1.54. The Balaban J connectivity index is 1.82. The number of hydrogen-bond donors (Lipinski definition) is 1. The molecule has 0 saturated carbocycles. The summed E-state index contributed by atoms with van der Waals surface area (Å²) in [5.74, 6) is -0.618. The molecule has 1 aliphatic rings. The molecule has 3 aromatic carbocycles. The predicted octanol–water partition coefficient (Wildman–Crippen LogP) is 6.15. The molecular formula is C29H28ClNO5. The van der Waals surface area contributed by atoms with E-state index in [-0.39, 0.29) is 17.9 Å². The van der Waals surface area contributed by atoms with Crippen LogP contribution in [0, 0.1) is 0 Å². The van der Waals surface area contributed by atoms with Gasteiger partial charge in [-0.3, -0.25) is 9.59 Å². The number of nitrogens with zero attached hydrogens (tertiary/aromatic N) is 1. The fraction of sp³-hybridized carbons (Fsp3) is 0.241. The number of unbranched alkanes of at least 4 members (excludes halogenated alkanes) is 1. The summed E-state index contributed by atoms with van der Waals surface area (Å²) < 4.78 is 11.4. The number of halogens is 1. The third kappa shape index (κ3) is 5.24. The number of amides is 1. The van der Waals surface area contributed by atoms with Crippen LogP contribution in [0.5, 0.6) is 11.5 Å². The first-order valence-corrected chi connectivity index (χ1v) is 12.2. The molecule has 1 aliphatic heterocycles. The van der Waals surface area contributed by atoms with Crippen molar-refractivity contribution in [2.24, 2.45) is 0 Å². The average molecular weight is 506 g/mol. The number of benzene rings is 3. The van der Waals surface area contributed by atoms with Crippen LogP contribution < -0.4 is 9.47 Å². The van der Waals surface area contributed by atoms with Crippen molar-refractivity contribution in [2.45, 2.75) is 32.4 Å². The molecule has 36 heavy (non-hydrogen) atoms. The zero-order valence-corrected chi connectivity index (χ0v) is 21.0. The van der Waals surface area contributed by atoms with Gasteiger partial charge in [0.05, 0.1) is 25.3 Å². The molecule has 7 heteroatoms. The van der Waals surface area contributed by atoms with E-state index < -0.39 is 17.7 Å². The molecule has 1 amide bonds. The van der Waals surface area contributed by atoms with Crippen LogP contribution in [0.4, 0.5) is 0 Å². The van der Waals surface area contributed by atoms with Gasteiger partial charge in [0.2, 0.25) is 0 Å². The quantitative estimate of drug-likeness (QED) is 0.163. The number of ether oxygens (including phenoxy) is 2. The van der Waals surface area contributed by atoms with Crippen molar-refractivity contribution in [3.8, 4) is 11.5 Å². The Hall–Kier alpha value is -3.77. The molecule has 3 aromatic rings.